The zero-order valence-corrected chi connectivity index (χ0v) is 6.36. The molecule has 0 aromatic rings. The molecular formula is C9H8F3. The highest BCUT2D eigenvalue weighted by Crippen LogP contribution is 2.35. The number of halogens is 3. The molecule has 1 atom stereocenters. The average molecular weight is 173 g/mol. The van der Waals surface area contributed by atoms with Crippen molar-refractivity contribution in [3.63, 3.8) is 0 Å². The van der Waals surface area contributed by atoms with Crippen LogP contribution in [0.5, 0.6) is 0 Å². The van der Waals surface area contributed by atoms with Gasteiger partial charge < -0.3 is 0 Å². The summed E-state index contributed by atoms with van der Waals surface area (Å²) in [5, 5.41) is 0. The van der Waals surface area contributed by atoms with E-state index >= 15 is 0 Å². The molecule has 1 aliphatic rings. The summed E-state index contributed by atoms with van der Waals surface area (Å²) in [6, 6.07) is 0. The molecule has 0 fully saturated rings. The van der Waals surface area contributed by atoms with Gasteiger partial charge in [-0.05, 0) is 18.6 Å². The van der Waals surface area contributed by atoms with Crippen LogP contribution in [0, 0.1) is 12.0 Å². The molecule has 0 heterocycles. The lowest BCUT2D eigenvalue weighted by Gasteiger charge is -2.19. The van der Waals surface area contributed by atoms with Gasteiger partial charge in [0, 0.05) is 11.5 Å². The zero-order valence-electron chi connectivity index (χ0n) is 6.36. The minimum absolute atomic E-state index is 0.342. The van der Waals surface area contributed by atoms with Crippen molar-refractivity contribution in [2.45, 2.75) is 12.6 Å². The monoisotopic (exact) mass is 173 g/mol. The predicted octanol–water partition coefficient (Wildman–Crippen LogP) is 3.04. The van der Waals surface area contributed by atoms with Gasteiger partial charge in [-0.2, -0.15) is 13.2 Å². The van der Waals surface area contributed by atoms with Crippen LogP contribution < -0.4 is 0 Å². The first kappa shape index (κ1) is 9.10. The van der Waals surface area contributed by atoms with E-state index in [1.165, 1.54) is 6.08 Å². The third-order valence-electron chi connectivity index (χ3n) is 1.74. The lowest BCUT2D eigenvalue weighted by atomic mass is 9.91. The maximum atomic E-state index is 12.2. The molecule has 0 amide bonds. The SMILES string of the molecule is C=CC1CC=[C]C=C1C(F)(F)F. The molecule has 65 valence electrons. The topological polar surface area (TPSA) is 0 Å². The summed E-state index contributed by atoms with van der Waals surface area (Å²) in [5.74, 6) is -0.605. The van der Waals surface area contributed by atoms with Crippen molar-refractivity contribution in [2.75, 3.05) is 0 Å². The maximum Gasteiger partial charge on any atom is 0.413 e. The molecule has 0 bridgehead atoms. The van der Waals surface area contributed by atoms with Gasteiger partial charge in [-0.15, -0.1) is 6.58 Å². The molecule has 0 aromatic heterocycles. The number of rotatable bonds is 1. The van der Waals surface area contributed by atoms with Crippen molar-refractivity contribution in [3.8, 4) is 0 Å². The summed E-state index contributed by atoms with van der Waals surface area (Å²) < 4.78 is 36.6. The highest BCUT2D eigenvalue weighted by molar-refractivity contribution is 5.25. The van der Waals surface area contributed by atoms with Gasteiger partial charge in [-0.1, -0.05) is 12.2 Å². The molecule has 0 saturated carbocycles. The second-order valence-electron chi connectivity index (χ2n) is 2.55. The third kappa shape index (κ3) is 1.78. The molecule has 0 N–H and O–H groups in total. The Labute approximate surface area is 69.1 Å². The fraction of sp³-hybridized carbons (Fsp3) is 0.333. The molecule has 1 radical (unpaired) electrons. The highest BCUT2D eigenvalue weighted by Gasteiger charge is 2.37. The van der Waals surface area contributed by atoms with E-state index in [-0.39, 0.29) is 0 Å². The highest BCUT2D eigenvalue weighted by atomic mass is 19.4. The molecular weight excluding hydrogens is 165 g/mol. The van der Waals surface area contributed by atoms with Crippen molar-refractivity contribution in [2.24, 2.45) is 5.92 Å². The number of hydrogen-bond donors (Lipinski definition) is 0. The van der Waals surface area contributed by atoms with Gasteiger partial charge in [0.25, 0.3) is 0 Å². The molecule has 1 aliphatic carbocycles. The summed E-state index contributed by atoms with van der Waals surface area (Å²) in [5.41, 5.74) is -0.556. The summed E-state index contributed by atoms with van der Waals surface area (Å²) >= 11 is 0. The van der Waals surface area contributed by atoms with Crippen molar-refractivity contribution in [1.82, 2.24) is 0 Å². The van der Waals surface area contributed by atoms with Gasteiger partial charge >= 0.3 is 6.18 Å². The summed E-state index contributed by atoms with van der Waals surface area (Å²) in [4.78, 5) is 0. The molecule has 0 nitrogen and oxygen atoms in total. The van der Waals surface area contributed by atoms with E-state index in [4.69, 9.17) is 0 Å². The number of alkyl halides is 3. The molecule has 0 spiro atoms. The minimum atomic E-state index is -4.25. The molecule has 1 rings (SSSR count). The quantitative estimate of drug-likeness (QED) is 0.534. The van der Waals surface area contributed by atoms with Gasteiger partial charge in [0.05, 0.1) is 0 Å². The van der Waals surface area contributed by atoms with E-state index in [1.807, 2.05) is 0 Å². The van der Waals surface area contributed by atoms with Crippen LogP contribution in [0.15, 0.2) is 30.4 Å². The number of allylic oxidation sites excluding steroid dienone is 5. The fourth-order valence-corrected chi connectivity index (χ4v) is 1.09. The van der Waals surface area contributed by atoms with E-state index < -0.39 is 17.7 Å². The van der Waals surface area contributed by atoms with Crippen LogP contribution in [0.2, 0.25) is 0 Å². The van der Waals surface area contributed by atoms with Gasteiger partial charge in [-0.3, -0.25) is 0 Å². The molecule has 1 unspecified atom stereocenters. The van der Waals surface area contributed by atoms with E-state index in [0.29, 0.717) is 6.42 Å². The van der Waals surface area contributed by atoms with Crippen LogP contribution in [0.1, 0.15) is 6.42 Å². The molecule has 12 heavy (non-hydrogen) atoms. The lowest BCUT2D eigenvalue weighted by Crippen LogP contribution is -2.19. The van der Waals surface area contributed by atoms with Gasteiger partial charge in [0.15, 0.2) is 0 Å². The Morgan fingerprint density at radius 2 is 2.25 bits per heavy atom. The Morgan fingerprint density at radius 1 is 1.58 bits per heavy atom. The van der Waals surface area contributed by atoms with Crippen molar-refractivity contribution >= 4 is 0 Å². The van der Waals surface area contributed by atoms with Crippen LogP contribution in [0.4, 0.5) is 13.2 Å². The normalized spacial score (nSPS) is 23.6. The molecule has 0 aliphatic heterocycles. The Kier molecular flexibility index (Phi) is 2.40. The van der Waals surface area contributed by atoms with Crippen molar-refractivity contribution in [1.29, 1.82) is 0 Å². The van der Waals surface area contributed by atoms with E-state index in [1.54, 1.807) is 6.08 Å². The van der Waals surface area contributed by atoms with Crippen molar-refractivity contribution < 1.29 is 13.2 Å². The Balaban J connectivity index is 2.91. The Bertz CT molecular complexity index is 233. The fourth-order valence-electron chi connectivity index (χ4n) is 1.09. The van der Waals surface area contributed by atoms with Crippen molar-refractivity contribution in [3.05, 3.63) is 36.5 Å². The largest absolute Gasteiger partial charge is 0.413 e. The Hall–Kier alpha value is -0.990. The van der Waals surface area contributed by atoms with E-state index in [2.05, 4.69) is 12.7 Å². The van der Waals surface area contributed by atoms with Crippen LogP contribution in [-0.4, -0.2) is 6.18 Å². The maximum absolute atomic E-state index is 12.2. The van der Waals surface area contributed by atoms with Gasteiger partial charge in [0.1, 0.15) is 0 Å². The first-order chi connectivity index (χ1) is 5.55. The smallest absolute Gasteiger partial charge is 0.166 e. The van der Waals surface area contributed by atoms with Crippen LogP contribution in [0.25, 0.3) is 0 Å². The summed E-state index contributed by atoms with van der Waals surface area (Å²) in [7, 11) is 0. The molecule has 0 aromatic carbocycles. The summed E-state index contributed by atoms with van der Waals surface area (Å²) in [6.07, 6.45) is 2.43. The zero-order chi connectivity index (χ0) is 9.19. The van der Waals surface area contributed by atoms with Crippen LogP contribution in [0.3, 0.4) is 0 Å². The van der Waals surface area contributed by atoms with Gasteiger partial charge in [0.2, 0.25) is 0 Å². The van der Waals surface area contributed by atoms with E-state index in [0.717, 1.165) is 6.08 Å². The number of hydrogen-bond acceptors (Lipinski definition) is 0. The first-order valence-electron chi connectivity index (χ1n) is 3.53. The average Bonchev–Trinajstić information content (AvgIpc) is 2.03. The molecule has 0 saturated heterocycles. The second-order valence-corrected chi connectivity index (χ2v) is 2.55. The minimum Gasteiger partial charge on any atom is -0.166 e. The Morgan fingerprint density at radius 3 is 2.67 bits per heavy atom. The van der Waals surface area contributed by atoms with Crippen LogP contribution in [-0.2, 0) is 0 Å². The standard InChI is InChI=1S/C9H8F3/c1-2-7-5-3-4-6-8(7)9(10,11)12/h2-3,6-7H,1,5H2. The van der Waals surface area contributed by atoms with Gasteiger partial charge in [-0.25, -0.2) is 0 Å². The predicted molar refractivity (Wildman–Crippen MR) is 40.3 cm³/mol. The molecule has 3 heteroatoms. The first-order valence-corrected chi connectivity index (χ1v) is 3.53. The summed E-state index contributed by atoms with van der Waals surface area (Å²) in [6.45, 7) is 3.36. The van der Waals surface area contributed by atoms with Crippen LogP contribution >= 0.6 is 0 Å². The lowest BCUT2D eigenvalue weighted by molar-refractivity contribution is -0.0973. The second kappa shape index (κ2) is 3.17. The third-order valence-corrected chi connectivity index (χ3v) is 1.74. The van der Waals surface area contributed by atoms with E-state index in [9.17, 15) is 13.2 Å².